The number of nitrogens with two attached hydrogens (primary N) is 2. The molecule has 11 heteroatoms. The van der Waals surface area contributed by atoms with Crippen LogP contribution in [-0.4, -0.2) is 75.3 Å². The Balaban J connectivity index is 3.28. The number of rotatable bonds is 6. The van der Waals surface area contributed by atoms with Gasteiger partial charge >= 0.3 is 5.97 Å². The molecule has 9 N–H and O–H groups in total. The van der Waals surface area contributed by atoms with Crippen molar-refractivity contribution in [1.29, 1.82) is 0 Å². The molecule has 0 spiro atoms. The van der Waals surface area contributed by atoms with Gasteiger partial charge in [-0.25, -0.2) is 9.79 Å². The summed E-state index contributed by atoms with van der Waals surface area (Å²) in [6.45, 7) is 0.391. The predicted molar refractivity (Wildman–Crippen MR) is 76.9 cm³/mol. The van der Waals surface area contributed by atoms with E-state index in [2.05, 4.69) is 10.3 Å². The van der Waals surface area contributed by atoms with E-state index in [0.717, 1.165) is 6.08 Å². The van der Waals surface area contributed by atoms with Crippen LogP contribution < -0.4 is 16.8 Å². The highest BCUT2D eigenvalue weighted by molar-refractivity contribution is 5.85. The van der Waals surface area contributed by atoms with E-state index in [4.69, 9.17) is 26.4 Å². The molecule has 0 unspecified atom stereocenters. The molecule has 0 aromatic heterocycles. The molecule has 0 aromatic carbocycles. The molecular weight excluding hydrogens is 312 g/mol. The number of guanidine groups is 1. The molecule has 1 aliphatic rings. The Bertz CT molecular complexity index is 518. The number of carbonyl (C=O) groups is 2. The lowest BCUT2D eigenvalue weighted by Crippen LogP contribution is -2.59. The van der Waals surface area contributed by atoms with Gasteiger partial charge in [0.2, 0.25) is 11.7 Å². The summed E-state index contributed by atoms with van der Waals surface area (Å²) in [4.78, 5) is 26.3. The number of carboxylic acids is 1. The molecule has 0 radical (unpaired) electrons. The largest absolute Gasteiger partial charge is 0.478 e. The molecule has 0 bridgehead atoms. The van der Waals surface area contributed by atoms with E-state index in [1.165, 1.54) is 6.92 Å². The summed E-state index contributed by atoms with van der Waals surface area (Å²) in [5.41, 5.74) is 10.6. The number of aliphatic hydroxyl groups excluding tert-OH is 3. The first-order chi connectivity index (χ1) is 10.7. The first kappa shape index (κ1) is 18.7. The van der Waals surface area contributed by atoms with Gasteiger partial charge in [0, 0.05) is 6.92 Å². The molecule has 0 aliphatic carbocycles. The smallest absolute Gasteiger partial charge is 0.370 e. The zero-order valence-electron chi connectivity index (χ0n) is 12.3. The summed E-state index contributed by atoms with van der Waals surface area (Å²) in [5, 5.41) is 40.1. The minimum atomic E-state index is -1.70. The average molecular weight is 332 g/mol. The van der Waals surface area contributed by atoms with Crippen molar-refractivity contribution in [3.63, 3.8) is 0 Å². The number of hydrogen-bond acceptors (Lipinski definition) is 7. The maximum absolute atomic E-state index is 11.4. The number of aliphatic imine (C=N–C) groups is 1. The van der Waals surface area contributed by atoms with Crippen molar-refractivity contribution >= 4 is 17.8 Å². The van der Waals surface area contributed by atoms with Gasteiger partial charge in [-0.15, -0.1) is 0 Å². The van der Waals surface area contributed by atoms with E-state index in [0.29, 0.717) is 0 Å². The molecule has 130 valence electrons. The molecule has 0 saturated carbocycles. The van der Waals surface area contributed by atoms with Crippen LogP contribution in [0.15, 0.2) is 16.8 Å². The van der Waals surface area contributed by atoms with Crippen molar-refractivity contribution in [2.45, 2.75) is 37.3 Å². The normalized spacial score (nSPS) is 26.3. The van der Waals surface area contributed by atoms with Gasteiger partial charge in [-0.3, -0.25) is 4.79 Å². The van der Waals surface area contributed by atoms with Crippen LogP contribution in [0.25, 0.3) is 0 Å². The van der Waals surface area contributed by atoms with E-state index >= 15 is 0 Å². The lowest BCUT2D eigenvalue weighted by Gasteiger charge is -2.38. The Morgan fingerprint density at radius 2 is 2.04 bits per heavy atom. The van der Waals surface area contributed by atoms with Crippen LogP contribution in [0.1, 0.15) is 6.92 Å². The number of carboxylic acid groups (broad SMARTS) is 1. The van der Waals surface area contributed by atoms with Crippen LogP contribution in [-0.2, 0) is 14.3 Å². The Hall–Kier alpha value is -2.37. The third kappa shape index (κ3) is 4.81. The maximum Gasteiger partial charge on any atom is 0.370 e. The molecule has 11 nitrogen and oxygen atoms in total. The topological polar surface area (TPSA) is 201 Å². The van der Waals surface area contributed by atoms with Gasteiger partial charge in [0.1, 0.15) is 18.3 Å². The SMILES string of the molecule is CC(=O)N[C@H]1[C@H]([C@@H](O)[C@H](O)CO)OC(C(=O)O)=C[C@@H]1N=C(N)N. The fourth-order valence-corrected chi connectivity index (χ4v) is 2.14. The molecule has 0 saturated heterocycles. The lowest BCUT2D eigenvalue weighted by atomic mass is 9.92. The highest BCUT2D eigenvalue weighted by Gasteiger charge is 2.43. The van der Waals surface area contributed by atoms with Crippen LogP contribution in [0.2, 0.25) is 0 Å². The van der Waals surface area contributed by atoms with Crippen molar-refractivity contribution in [3.8, 4) is 0 Å². The number of hydrogen-bond donors (Lipinski definition) is 7. The van der Waals surface area contributed by atoms with Crippen molar-refractivity contribution in [1.82, 2.24) is 5.32 Å². The molecule has 1 heterocycles. The Labute approximate surface area is 131 Å². The van der Waals surface area contributed by atoms with Crippen LogP contribution >= 0.6 is 0 Å². The monoisotopic (exact) mass is 332 g/mol. The lowest BCUT2D eigenvalue weighted by molar-refractivity contribution is -0.145. The minimum Gasteiger partial charge on any atom is -0.478 e. The second kappa shape index (κ2) is 7.76. The van der Waals surface area contributed by atoms with Gasteiger partial charge in [0.25, 0.3) is 0 Å². The standard InChI is InChI=1S/C12H20N4O7/c1-4(18)15-8-5(16-12(13)14)2-7(11(21)22)23-10(8)9(20)6(19)3-17/h2,5-6,8-10,17,19-20H,3H2,1H3,(H,15,18)(H,21,22)(H4,13,14,16)/t5-,6+,8+,9-,10+/m0/s1. The molecule has 23 heavy (non-hydrogen) atoms. The van der Waals surface area contributed by atoms with Gasteiger partial charge in [0.15, 0.2) is 5.96 Å². The Morgan fingerprint density at radius 1 is 1.43 bits per heavy atom. The number of carbonyl (C=O) groups excluding carboxylic acids is 1. The van der Waals surface area contributed by atoms with Crippen LogP contribution in [0, 0.1) is 0 Å². The summed E-state index contributed by atoms with van der Waals surface area (Å²) in [5.74, 6) is -2.89. The maximum atomic E-state index is 11.4. The summed E-state index contributed by atoms with van der Waals surface area (Å²) < 4.78 is 5.13. The third-order valence-electron chi connectivity index (χ3n) is 3.10. The Kier molecular flexibility index (Phi) is 6.30. The van der Waals surface area contributed by atoms with Crippen molar-refractivity contribution in [3.05, 3.63) is 11.8 Å². The van der Waals surface area contributed by atoms with E-state index < -0.39 is 54.6 Å². The van der Waals surface area contributed by atoms with Crippen LogP contribution in [0.4, 0.5) is 0 Å². The van der Waals surface area contributed by atoms with E-state index in [-0.39, 0.29) is 5.96 Å². The first-order valence-electron chi connectivity index (χ1n) is 6.62. The second-order valence-electron chi connectivity index (χ2n) is 4.93. The predicted octanol–water partition coefficient (Wildman–Crippen LogP) is -3.79. The number of aliphatic hydroxyl groups is 3. The summed E-state index contributed by atoms with van der Waals surface area (Å²) in [6.07, 6.45) is -3.65. The van der Waals surface area contributed by atoms with Crippen molar-refractivity contribution in [2.75, 3.05) is 6.61 Å². The second-order valence-corrected chi connectivity index (χ2v) is 4.93. The molecule has 1 rings (SSSR count). The minimum absolute atomic E-state index is 0.371. The fraction of sp³-hybridized carbons (Fsp3) is 0.583. The summed E-state index contributed by atoms with van der Waals surface area (Å²) in [6, 6.07) is -2.11. The first-order valence-corrected chi connectivity index (χ1v) is 6.62. The van der Waals surface area contributed by atoms with Gasteiger partial charge in [0.05, 0.1) is 18.7 Å². The fourth-order valence-electron chi connectivity index (χ4n) is 2.14. The average Bonchev–Trinajstić information content (AvgIpc) is 2.45. The van der Waals surface area contributed by atoms with Gasteiger partial charge in [-0.05, 0) is 6.08 Å². The van der Waals surface area contributed by atoms with Crippen molar-refractivity contribution in [2.24, 2.45) is 16.5 Å². The highest BCUT2D eigenvalue weighted by Crippen LogP contribution is 2.24. The zero-order chi connectivity index (χ0) is 17.7. The Morgan fingerprint density at radius 3 is 2.48 bits per heavy atom. The number of aliphatic carboxylic acids is 1. The van der Waals surface area contributed by atoms with E-state index in [1.807, 2.05) is 0 Å². The zero-order valence-corrected chi connectivity index (χ0v) is 12.3. The molecule has 0 aromatic rings. The van der Waals surface area contributed by atoms with Gasteiger partial charge in [-0.2, -0.15) is 0 Å². The number of nitrogens with zero attached hydrogens (tertiary/aromatic N) is 1. The van der Waals surface area contributed by atoms with Crippen LogP contribution in [0.3, 0.4) is 0 Å². The van der Waals surface area contributed by atoms with E-state index in [1.54, 1.807) is 0 Å². The number of nitrogens with one attached hydrogen (secondary N) is 1. The quantitative estimate of drug-likeness (QED) is 0.188. The van der Waals surface area contributed by atoms with Crippen molar-refractivity contribution < 1.29 is 34.8 Å². The number of amides is 1. The van der Waals surface area contributed by atoms with E-state index in [9.17, 15) is 19.8 Å². The highest BCUT2D eigenvalue weighted by atomic mass is 16.5. The van der Waals surface area contributed by atoms with Crippen LogP contribution in [0.5, 0.6) is 0 Å². The molecule has 1 aliphatic heterocycles. The third-order valence-corrected chi connectivity index (χ3v) is 3.10. The number of ether oxygens (including phenoxy) is 1. The molecule has 5 atom stereocenters. The molecule has 1 amide bonds. The van der Waals surface area contributed by atoms with Gasteiger partial charge in [-0.1, -0.05) is 0 Å². The summed E-state index contributed by atoms with van der Waals surface area (Å²) in [7, 11) is 0. The van der Waals surface area contributed by atoms with Gasteiger partial charge < -0.3 is 41.9 Å². The molecular formula is C12H20N4O7. The molecule has 0 fully saturated rings. The summed E-state index contributed by atoms with van der Waals surface area (Å²) >= 11 is 0.